The monoisotopic (exact) mass is 364 g/mol. The summed E-state index contributed by atoms with van der Waals surface area (Å²) in [7, 11) is 0. The van der Waals surface area contributed by atoms with E-state index in [2.05, 4.69) is 25.8 Å². The van der Waals surface area contributed by atoms with Crippen LogP contribution in [0.1, 0.15) is 40.5 Å². The molecule has 0 aliphatic heterocycles. The summed E-state index contributed by atoms with van der Waals surface area (Å²) >= 11 is 0. The standard InChI is InChI=1S/C19H20N6O2/c26-16-9-15(10-16)18(17-3-1-2-8-20-17)22-19(27)14-6-4-13(5-7-14)11-25-12-21-23-24-25/h1-8,12,15-16,18,26H,9-11H2,(H,22,27)/t15?,16?,18-/m1/s1. The van der Waals surface area contributed by atoms with Gasteiger partial charge in [-0.1, -0.05) is 18.2 Å². The van der Waals surface area contributed by atoms with Crippen LogP contribution >= 0.6 is 0 Å². The molecule has 0 unspecified atom stereocenters. The van der Waals surface area contributed by atoms with Gasteiger partial charge in [-0.2, -0.15) is 0 Å². The molecule has 0 radical (unpaired) electrons. The number of amides is 1. The number of aromatic nitrogens is 5. The van der Waals surface area contributed by atoms with Crippen LogP contribution in [0.15, 0.2) is 55.0 Å². The van der Waals surface area contributed by atoms with E-state index < -0.39 is 0 Å². The molecule has 2 heterocycles. The molecule has 4 rings (SSSR count). The number of rotatable bonds is 6. The van der Waals surface area contributed by atoms with Crippen LogP contribution in [0.25, 0.3) is 0 Å². The maximum Gasteiger partial charge on any atom is 0.251 e. The Bertz CT molecular complexity index is 876. The van der Waals surface area contributed by atoms with Crippen LogP contribution in [0.4, 0.5) is 0 Å². The first-order chi connectivity index (χ1) is 13.2. The van der Waals surface area contributed by atoms with E-state index >= 15 is 0 Å². The molecule has 0 bridgehead atoms. The van der Waals surface area contributed by atoms with Gasteiger partial charge in [-0.05, 0) is 59.0 Å². The average Bonchev–Trinajstić information content (AvgIpc) is 3.18. The molecule has 3 aromatic rings. The largest absolute Gasteiger partial charge is 0.393 e. The lowest BCUT2D eigenvalue weighted by Crippen LogP contribution is -2.41. The van der Waals surface area contributed by atoms with Gasteiger partial charge in [0.05, 0.1) is 24.4 Å². The summed E-state index contributed by atoms with van der Waals surface area (Å²) < 4.78 is 1.62. The van der Waals surface area contributed by atoms with Crippen LogP contribution in [0.3, 0.4) is 0 Å². The second-order valence-electron chi connectivity index (χ2n) is 6.80. The highest BCUT2D eigenvalue weighted by atomic mass is 16.3. The van der Waals surface area contributed by atoms with Gasteiger partial charge in [-0.15, -0.1) is 5.10 Å². The lowest BCUT2D eigenvalue weighted by atomic mass is 9.76. The molecule has 0 saturated heterocycles. The van der Waals surface area contributed by atoms with Gasteiger partial charge in [0.2, 0.25) is 0 Å². The van der Waals surface area contributed by atoms with E-state index in [0.717, 1.165) is 11.3 Å². The molecule has 8 nitrogen and oxygen atoms in total. The normalized spacial score (nSPS) is 19.9. The van der Waals surface area contributed by atoms with Crippen molar-refractivity contribution in [2.24, 2.45) is 5.92 Å². The van der Waals surface area contributed by atoms with Gasteiger partial charge in [0.25, 0.3) is 5.91 Å². The van der Waals surface area contributed by atoms with E-state index in [1.54, 1.807) is 29.3 Å². The Morgan fingerprint density at radius 2 is 2.04 bits per heavy atom. The van der Waals surface area contributed by atoms with Crippen LogP contribution in [0.2, 0.25) is 0 Å². The Hall–Kier alpha value is -3.13. The molecular formula is C19H20N6O2. The average molecular weight is 364 g/mol. The Morgan fingerprint density at radius 1 is 1.22 bits per heavy atom. The predicted molar refractivity (Wildman–Crippen MR) is 96.5 cm³/mol. The van der Waals surface area contributed by atoms with E-state index in [0.29, 0.717) is 24.9 Å². The second-order valence-corrected chi connectivity index (χ2v) is 6.80. The molecule has 1 aliphatic carbocycles. The Balaban J connectivity index is 1.46. The molecule has 1 aromatic carbocycles. The molecular weight excluding hydrogens is 344 g/mol. The van der Waals surface area contributed by atoms with E-state index in [-0.39, 0.29) is 24.0 Å². The molecule has 1 atom stereocenters. The van der Waals surface area contributed by atoms with Gasteiger partial charge in [-0.3, -0.25) is 9.78 Å². The van der Waals surface area contributed by atoms with Crippen molar-refractivity contribution in [1.29, 1.82) is 0 Å². The molecule has 0 spiro atoms. The number of nitrogens with one attached hydrogen (secondary N) is 1. The first-order valence-corrected chi connectivity index (χ1v) is 8.88. The zero-order valence-electron chi connectivity index (χ0n) is 14.6. The quantitative estimate of drug-likeness (QED) is 0.684. The van der Waals surface area contributed by atoms with Gasteiger partial charge in [0.1, 0.15) is 6.33 Å². The summed E-state index contributed by atoms with van der Waals surface area (Å²) in [6, 6.07) is 12.8. The molecule has 1 amide bonds. The number of aliphatic hydroxyl groups excluding tert-OH is 1. The van der Waals surface area contributed by atoms with Crippen LogP contribution in [0, 0.1) is 5.92 Å². The highest BCUT2D eigenvalue weighted by Crippen LogP contribution is 2.37. The molecule has 1 fully saturated rings. The number of hydrogen-bond donors (Lipinski definition) is 2. The summed E-state index contributed by atoms with van der Waals surface area (Å²) in [5, 5.41) is 23.8. The Morgan fingerprint density at radius 3 is 2.67 bits per heavy atom. The molecule has 138 valence electrons. The maximum atomic E-state index is 12.7. The zero-order valence-corrected chi connectivity index (χ0v) is 14.6. The van der Waals surface area contributed by atoms with Gasteiger partial charge < -0.3 is 10.4 Å². The van der Waals surface area contributed by atoms with E-state index in [4.69, 9.17) is 0 Å². The topological polar surface area (TPSA) is 106 Å². The highest BCUT2D eigenvalue weighted by molar-refractivity contribution is 5.94. The second kappa shape index (κ2) is 7.63. The number of carbonyl (C=O) groups excluding carboxylic acids is 1. The number of carbonyl (C=O) groups is 1. The van der Waals surface area contributed by atoms with Gasteiger partial charge in [-0.25, -0.2) is 4.68 Å². The number of benzene rings is 1. The molecule has 1 aliphatic rings. The van der Waals surface area contributed by atoms with Crippen LogP contribution in [-0.2, 0) is 6.54 Å². The van der Waals surface area contributed by atoms with Crippen molar-refractivity contribution in [3.8, 4) is 0 Å². The summed E-state index contributed by atoms with van der Waals surface area (Å²) in [4.78, 5) is 17.1. The van der Waals surface area contributed by atoms with E-state index in [9.17, 15) is 9.90 Å². The van der Waals surface area contributed by atoms with Crippen molar-refractivity contribution >= 4 is 5.91 Å². The van der Waals surface area contributed by atoms with Crippen LogP contribution in [-0.4, -0.2) is 42.3 Å². The van der Waals surface area contributed by atoms with Crippen molar-refractivity contribution in [2.75, 3.05) is 0 Å². The van der Waals surface area contributed by atoms with Crippen molar-refractivity contribution in [1.82, 2.24) is 30.5 Å². The smallest absolute Gasteiger partial charge is 0.251 e. The lowest BCUT2D eigenvalue weighted by Gasteiger charge is -2.37. The number of nitrogens with zero attached hydrogens (tertiary/aromatic N) is 5. The summed E-state index contributed by atoms with van der Waals surface area (Å²) in [5.74, 6) is 0.0407. The molecule has 8 heteroatoms. The first-order valence-electron chi connectivity index (χ1n) is 8.88. The third-order valence-corrected chi connectivity index (χ3v) is 4.87. The van der Waals surface area contributed by atoms with Crippen molar-refractivity contribution in [3.05, 3.63) is 71.8 Å². The summed E-state index contributed by atoms with van der Waals surface area (Å²) in [6.07, 6.45) is 4.32. The number of aliphatic hydroxyl groups is 1. The van der Waals surface area contributed by atoms with Crippen molar-refractivity contribution < 1.29 is 9.90 Å². The van der Waals surface area contributed by atoms with Gasteiger partial charge in [0.15, 0.2) is 0 Å². The minimum Gasteiger partial charge on any atom is -0.393 e. The Labute approximate surface area is 156 Å². The lowest BCUT2D eigenvalue weighted by molar-refractivity contribution is 0.0228. The number of pyridine rings is 1. The molecule has 1 saturated carbocycles. The molecule has 27 heavy (non-hydrogen) atoms. The van der Waals surface area contributed by atoms with Gasteiger partial charge >= 0.3 is 0 Å². The third-order valence-electron chi connectivity index (χ3n) is 4.87. The summed E-state index contributed by atoms with van der Waals surface area (Å²) in [5.41, 5.74) is 2.40. The number of hydrogen-bond acceptors (Lipinski definition) is 6. The molecule has 2 N–H and O–H groups in total. The third kappa shape index (κ3) is 4.01. The van der Waals surface area contributed by atoms with Crippen molar-refractivity contribution in [3.63, 3.8) is 0 Å². The number of tetrazole rings is 1. The van der Waals surface area contributed by atoms with E-state index in [1.165, 1.54) is 0 Å². The van der Waals surface area contributed by atoms with Gasteiger partial charge in [0, 0.05) is 11.8 Å². The fraction of sp³-hybridized carbons (Fsp3) is 0.316. The first kappa shape index (κ1) is 17.3. The minimum atomic E-state index is -0.288. The van der Waals surface area contributed by atoms with Crippen molar-refractivity contribution in [2.45, 2.75) is 31.5 Å². The molecule has 2 aromatic heterocycles. The maximum absolute atomic E-state index is 12.7. The minimum absolute atomic E-state index is 0.152. The van der Waals surface area contributed by atoms with E-state index in [1.807, 2.05) is 30.3 Å². The zero-order chi connectivity index (χ0) is 18.6. The summed E-state index contributed by atoms with van der Waals surface area (Å²) in [6.45, 7) is 0.547. The fourth-order valence-corrected chi connectivity index (χ4v) is 3.32. The SMILES string of the molecule is O=C(N[C@@H](c1ccccn1)C1CC(O)C1)c1ccc(Cn2cnnn2)cc1. The predicted octanol–water partition coefficient (Wildman–Crippen LogP) is 1.36. The van der Waals surface area contributed by atoms with Crippen LogP contribution in [0.5, 0.6) is 0 Å². The highest BCUT2D eigenvalue weighted by Gasteiger charge is 2.36. The van der Waals surface area contributed by atoms with Crippen LogP contribution < -0.4 is 5.32 Å². The Kier molecular flexibility index (Phi) is 4.88. The fourth-order valence-electron chi connectivity index (χ4n) is 3.32.